The minimum Gasteiger partial charge on any atom is -0.389 e. The summed E-state index contributed by atoms with van der Waals surface area (Å²) in [5, 5.41) is 12.7. The van der Waals surface area contributed by atoms with Gasteiger partial charge in [0.15, 0.2) is 0 Å². The number of aliphatic hydroxyl groups excluding tert-OH is 1. The molecule has 2 rings (SSSR count). The van der Waals surface area contributed by atoms with Crippen LogP contribution >= 0.6 is 11.6 Å². The van der Waals surface area contributed by atoms with Crippen LogP contribution in [0.3, 0.4) is 0 Å². The quantitative estimate of drug-likeness (QED) is 0.790. The third-order valence-electron chi connectivity index (χ3n) is 2.81. The molecule has 104 valence electrons. The van der Waals surface area contributed by atoms with E-state index in [1.165, 1.54) is 25.1 Å². The summed E-state index contributed by atoms with van der Waals surface area (Å²) in [5.41, 5.74) is 0.235. The van der Waals surface area contributed by atoms with Crippen LogP contribution < -0.4 is 5.32 Å². The Hall–Kier alpha value is -1.17. The Morgan fingerprint density at radius 2 is 2.42 bits per heavy atom. The Bertz CT molecular complexity index is 438. The highest BCUT2D eigenvalue weighted by Crippen LogP contribution is 2.28. The third kappa shape index (κ3) is 5.14. The summed E-state index contributed by atoms with van der Waals surface area (Å²) in [6, 6.07) is 3.08. The fourth-order valence-corrected chi connectivity index (χ4v) is 1.70. The first-order chi connectivity index (χ1) is 9.15. The zero-order valence-electron chi connectivity index (χ0n) is 10.5. The van der Waals surface area contributed by atoms with Gasteiger partial charge in [-0.05, 0) is 30.9 Å². The highest BCUT2D eigenvalue weighted by atomic mass is 35.5. The topological polar surface area (TPSA) is 71.5 Å². The van der Waals surface area contributed by atoms with E-state index in [2.05, 4.69) is 10.3 Å². The van der Waals surface area contributed by atoms with Gasteiger partial charge >= 0.3 is 0 Å². The van der Waals surface area contributed by atoms with E-state index in [1.54, 1.807) is 6.07 Å². The first-order valence-corrected chi connectivity index (χ1v) is 6.68. The number of nitrogens with one attached hydrogen (secondary N) is 1. The Morgan fingerprint density at radius 3 is 3.11 bits per heavy atom. The van der Waals surface area contributed by atoms with Crippen LogP contribution in [0.2, 0.25) is 5.02 Å². The molecule has 0 saturated heterocycles. The zero-order chi connectivity index (χ0) is 13.7. The summed E-state index contributed by atoms with van der Waals surface area (Å²) in [5.74, 6) is 0.307. The molecular formula is C13H17ClN2O3. The van der Waals surface area contributed by atoms with E-state index < -0.39 is 6.10 Å². The summed E-state index contributed by atoms with van der Waals surface area (Å²) >= 11 is 5.77. The molecule has 1 saturated carbocycles. The van der Waals surface area contributed by atoms with E-state index in [0.29, 0.717) is 17.5 Å². The molecule has 1 heterocycles. The fourth-order valence-electron chi connectivity index (χ4n) is 1.54. The number of carbonyl (C=O) groups excluding carboxylic acids is 1. The zero-order valence-corrected chi connectivity index (χ0v) is 11.3. The predicted octanol–water partition coefficient (Wildman–Crippen LogP) is 1.25. The van der Waals surface area contributed by atoms with E-state index in [1.807, 2.05) is 0 Å². The number of carbonyl (C=O) groups is 1. The second-order valence-electron chi connectivity index (χ2n) is 4.70. The summed E-state index contributed by atoms with van der Waals surface area (Å²) in [6.45, 7) is 1.07. The van der Waals surface area contributed by atoms with Crippen LogP contribution in [0.25, 0.3) is 0 Å². The first kappa shape index (κ1) is 14.2. The van der Waals surface area contributed by atoms with E-state index in [9.17, 15) is 9.90 Å². The van der Waals surface area contributed by atoms with E-state index in [-0.39, 0.29) is 24.8 Å². The number of rotatable bonds is 7. The van der Waals surface area contributed by atoms with Gasteiger partial charge in [0.25, 0.3) is 5.91 Å². The van der Waals surface area contributed by atoms with E-state index >= 15 is 0 Å². The second kappa shape index (κ2) is 6.84. The van der Waals surface area contributed by atoms with Crippen LogP contribution in [0.1, 0.15) is 23.3 Å². The monoisotopic (exact) mass is 284 g/mol. The predicted molar refractivity (Wildman–Crippen MR) is 71.1 cm³/mol. The van der Waals surface area contributed by atoms with Crippen molar-refractivity contribution in [2.24, 2.45) is 5.92 Å². The molecule has 1 aromatic rings. The Labute approximate surface area is 116 Å². The fraction of sp³-hybridized carbons (Fsp3) is 0.538. The molecule has 1 aliphatic carbocycles. The largest absolute Gasteiger partial charge is 0.389 e. The molecule has 0 aliphatic heterocycles. The van der Waals surface area contributed by atoms with Gasteiger partial charge in [-0.2, -0.15) is 0 Å². The van der Waals surface area contributed by atoms with Crippen LogP contribution in [0.5, 0.6) is 0 Å². The van der Waals surface area contributed by atoms with Gasteiger partial charge in [0, 0.05) is 24.4 Å². The van der Waals surface area contributed by atoms with Gasteiger partial charge < -0.3 is 15.2 Å². The maximum atomic E-state index is 11.7. The van der Waals surface area contributed by atoms with Gasteiger partial charge in [-0.3, -0.25) is 9.78 Å². The molecule has 0 spiro atoms. The molecule has 2 N–H and O–H groups in total. The van der Waals surface area contributed by atoms with Crippen molar-refractivity contribution < 1.29 is 14.6 Å². The van der Waals surface area contributed by atoms with Crippen molar-refractivity contribution in [3.63, 3.8) is 0 Å². The standard InChI is InChI=1S/C13H17ClN2O3/c14-10-3-4-15-12(5-10)13(18)16-6-11(17)8-19-7-9-1-2-9/h3-5,9,11,17H,1-2,6-8H2,(H,16,18). The number of amides is 1. The lowest BCUT2D eigenvalue weighted by atomic mass is 10.3. The molecule has 0 radical (unpaired) electrons. The van der Waals surface area contributed by atoms with Gasteiger partial charge in [-0.25, -0.2) is 0 Å². The average molecular weight is 285 g/mol. The van der Waals surface area contributed by atoms with Crippen molar-refractivity contribution >= 4 is 17.5 Å². The van der Waals surface area contributed by atoms with Crippen molar-refractivity contribution in [3.8, 4) is 0 Å². The van der Waals surface area contributed by atoms with Gasteiger partial charge in [-0.1, -0.05) is 11.6 Å². The molecule has 1 atom stereocenters. The van der Waals surface area contributed by atoms with Crippen molar-refractivity contribution in [2.45, 2.75) is 18.9 Å². The molecular weight excluding hydrogens is 268 g/mol. The maximum Gasteiger partial charge on any atom is 0.270 e. The molecule has 1 aromatic heterocycles. The number of hydrogen-bond acceptors (Lipinski definition) is 4. The summed E-state index contributed by atoms with van der Waals surface area (Å²) in [6.07, 6.45) is 3.19. The minimum atomic E-state index is -0.707. The Balaban J connectivity index is 1.67. The van der Waals surface area contributed by atoms with Crippen molar-refractivity contribution in [1.29, 1.82) is 0 Å². The maximum absolute atomic E-state index is 11.7. The number of ether oxygens (including phenoxy) is 1. The first-order valence-electron chi connectivity index (χ1n) is 6.30. The number of nitrogens with zero attached hydrogens (tertiary/aromatic N) is 1. The second-order valence-corrected chi connectivity index (χ2v) is 5.14. The Morgan fingerprint density at radius 1 is 1.63 bits per heavy atom. The SMILES string of the molecule is O=C(NCC(O)COCC1CC1)c1cc(Cl)ccn1. The lowest BCUT2D eigenvalue weighted by Crippen LogP contribution is -2.35. The molecule has 1 unspecified atom stereocenters. The molecule has 0 aromatic carbocycles. The molecule has 6 heteroatoms. The van der Waals surface area contributed by atoms with Gasteiger partial charge in [-0.15, -0.1) is 0 Å². The van der Waals surface area contributed by atoms with Crippen molar-refractivity contribution in [1.82, 2.24) is 10.3 Å². The average Bonchev–Trinajstić information content (AvgIpc) is 3.20. The number of pyridine rings is 1. The van der Waals surface area contributed by atoms with Gasteiger partial charge in [0.05, 0.1) is 12.7 Å². The Kier molecular flexibility index (Phi) is 5.13. The van der Waals surface area contributed by atoms with Gasteiger partial charge in [0.2, 0.25) is 0 Å². The normalized spacial score (nSPS) is 16.1. The summed E-state index contributed by atoms with van der Waals surface area (Å²) in [7, 11) is 0. The molecule has 0 bridgehead atoms. The summed E-state index contributed by atoms with van der Waals surface area (Å²) < 4.78 is 5.34. The minimum absolute atomic E-state index is 0.137. The third-order valence-corrected chi connectivity index (χ3v) is 3.05. The molecule has 19 heavy (non-hydrogen) atoms. The summed E-state index contributed by atoms with van der Waals surface area (Å²) in [4.78, 5) is 15.6. The lowest BCUT2D eigenvalue weighted by Gasteiger charge is -2.12. The van der Waals surface area contributed by atoms with Gasteiger partial charge in [0.1, 0.15) is 5.69 Å². The van der Waals surface area contributed by atoms with Crippen LogP contribution in [0.4, 0.5) is 0 Å². The molecule has 1 aliphatic rings. The number of halogens is 1. The number of hydrogen-bond donors (Lipinski definition) is 2. The highest BCUT2D eigenvalue weighted by molar-refractivity contribution is 6.30. The molecule has 5 nitrogen and oxygen atoms in total. The number of aliphatic hydroxyl groups is 1. The number of aromatic nitrogens is 1. The smallest absolute Gasteiger partial charge is 0.270 e. The lowest BCUT2D eigenvalue weighted by molar-refractivity contribution is 0.0320. The van der Waals surface area contributed by atoms with Crippen LogP contribution in [-0.2, 0) is 4.74 Å². The molecule has 1 fully saturated rings. The van der Waals surface area contributed by atoms with Crippen LogP contribution in [-0.4, -0.2) is 41.9 Å². The highest BCUT2D eigenvalue weighted by Gasteiger charge is 2.21. The van der Waals surface area contributed by atoms with Crippen molar-refractivity contribution in [3.05, 3.63) is 29.0 Å². The van der Waals surface area contributed by atoms with Crippen molar-refractivity contribution in [2.75, 3.05) is 19.8 Å². The van der Waals surface area contributed by atoms with E-state index in [4.69, 9.17) is 16.3 Å². The van der Waals surface area contributed by atoms with Crippen LogP contribution in [0, 0.1) is 5.92 Å². The van der Waals surface area contributed by atoms with Crippen LogP contribution in [0.15, 0.2) is 18.3 Å². The molecule has 1 amide bonds. The van der Waals surface area contributed by atoms with E-state index in [0.717, 1.165) is 0 Å².